The predicted molar refractivity (Wildman–Crippen MR) is 126 cm³/mol. The van der Waals surface area contributed by atoms with Gasteiger partial charge in [0.05, 0.1) is 16.5 Å². The first-order valence-electron chi connectivity index (χ1n) is 9.68. The van der Waals surface area contributed by atoms with Gasteiger partial charge in [0, 0.05) is 43.0 Å². The second kappa shape index (κ2) is 10.8. The van der Waals surface area contributed by atoms with Crippen LogP contribution in [0.5, 0.6) is 0 Å². The highest BCUT2D eigenvalue weighted by Gasteiger charge is 2.13. The van der Waals surface area contributed by atoms with E-state index < -0.39 is 0 Å². The van der Waals surface area contributed by atoms with Crippen LogP contribution in [0, 0.1) is 5.41 Å². The second-order valence-electron chi connectivity index (χ2n) is 6.58. The zero-order chi connectivity index (χ0) is 21.3. The van der Waals surface area contributed by atoms with Crippen LogP contribution >= 0.6 is 23.2 Å². The van der Waals surface area contributed by atoms with Gasteiger partial charge in [-0.2, -0.15) is 0 Å². The van der Waals surface area contributed by atoms with Crippen LogP contribution in [0.4, 0.5) is 5.82 Å². The summed E-state index contributed by atoms with van der Waals surface area (Å²) in [6.45, 7) is 1.29. The van der Waals surface area contributed by atoms with Crippen molar-refractivity contribution < 1.29 is 0 Å². The highest BCUT2D eigenvalue weighted by Crippen LogP contribution is 2.30. The number of nitrogens with zero attached hydrogens (tertiary/aromatic N) is 2. The van der Waals surface area contributed by atoms with Gasteiger partial charge in [0.1, 0.15) is 5.82 Å². The normalized spacial score (nSPS) is 13.6. The zero-order valence-electron chi connectivity index (χ0n) is 16.7. The molecule has 1 aliphatic rings. The number of hydrogen-bond donors (Lipinski definition) is 4. The molecule has 0 spiro atoms. The summed E-state index contributed by atoms with van der Waals surface area (Å²) in [5, 5.41) is 17.8. The zero-order valence-corrected chi connectivity index (χ0v) is 18.2. The summed E-state index contributed by atoms with van der Waals surface area (Å²) in [7, 11) is 1.81. The van der Waals surface area contributed by atoms with Crippen LogP contribution < -0.4 is 16.0 Å². The van der Waals surface area contributed by atoms with Crippen molar-refractivity contribution in [2.45, 2.75) is 12.8 Å². The molecule has 0 amide bonds. The Bertz CT molecular complexity index is 997. The Morgan fingerprint density at radius 2 is 2.03 bits per heavy atom. The van der Waals surface area contributed by atoms with Gasteiger partial charge in [0.15, 0.2) is 5.82 Å². The SMILES string of the molecule is CN/C(=C\C=N)NCCNc1cc(C2=CCCC=C2)nc(-c2ccc(Cl)cc2Cl)n1. The molecule has 156 valence electrons. The third-order valence-electron chi connectivity index (χ3n) is 4.45. The highest BCUT2D eigenvalue weighted by molar-refractivity contribution is 6.36. The molecule has 0 aliphatic heterocycles. The molecule has 0 atom stereocenters. The molecule has 6 nitrogen and oxygen atoms in total. The Morgan fingerprint density at radius 1 is 1.17 bits per heavy atom. The number of benzene rings is 1. The molecule has 0 saturated carbocycles. The molecule has 4 N–H and O–H groups in total. The van der Waals surface area contributed by atoms with Crippen LogP contribution in [-0.2, 0) is 0 Å². The lowest BCUT2D eigenvalue weighted by Gasteiger charge is -2.14. The predicted octanol–water partition coefficient (Wildman–Crippen LogP) is 4.90. The van der Waals surface area contributed by atoms with Crippen LogP contribution in [0.3, 0.4) is 0 Å². The van der Waals surface area contributed by atoms with Crippen LogP contribution in [0.25, 0.3) is 17.0 Å². The van der Waals surface area contributed by atoms with Gasteiger partial charge in [-0.3, -0.25) is 0 Å². The molecule has 0 radical (unpaired) electrons. The standard InChI is InChI=1S/C22H24Cl2N6/c1-26-20(9-10-25)27-11-12-28-21-14-19(15-5-3-2-4-6-15)29-22(30-21)17-8-7-16(23)13-18(17)24/h3,5-10,13-14,25-27H,2,4,11-12H2,1H3,(H,28,29,30)/b20-9+,25-10?. The smallest absolute Gasteiger partial charge is 0.163 e. The highest BCUT2D eigenvalue weighted by atomic mass is 35.5. The molecule has 2 aromatic rings. The van der Waals surface area contributed by atoms with E-state index in [4.69, 9.17) is 33.6 Å². The van der Waals surface area contributed by atoms with Crippen LogP contribution in [0.1, 0.15) is 18.5 Å². The van der Waals surface area contributed by atoms with E-state index in [2.05, 4.69) is 39.2 Å². The van der Waals surface area contributed by atoms with Crippen molar-refractivity contribution in [3.63, 3.8) is 0 Å². The number of anilines is 1. The summed E-state index contributed by atoms with van der Waals surface area (Å²) in [5.74, 6) is 2.04. The molecule has 1 aliphatic carbocycles. The van der Waals surface area contributed by atoms with Crippen LogP contribution in [-0.4, -0.2) is 36.3 Å². The van der Waals surface area contributed by atoms with Crippen LogP contribution in [0.15, 0.2) is 54.4 Å². The summed E-state index contributed by atoms with van der Waals surface area (Å²) in [4.78, 5) is 9.42. The lowest BCUT2D eigenvalue weighted by molar-refractivity contribution is 0.747. The second-order valence-corrected chi connectivity index (χ2v) is 7.42. The first-order chi connectivity index (χ1) is 14.6. The fourth-order valence-electron chi connectivity index (χ4n) is 2.98. The topological polar surface area (TPSA) is 85.7 Å². The molecule has 0 saturated heterocycles. The fourth-order valence-corrected chi connectivity index (χ4v) is 3.48. The van der Waals surface area contributed by atoms with Gasteiger partial charge in [-0.15, -0.1) is 0 Å². The fraction of sp³-hybridized carbons (Fsp3) is 0.227. The van der Waals surface area contributed by atoms with Crippen molar-refractivity contribution in [2.24, 2.45) is 0 Å². The summed E-state index contributed by atoms with van der Waals surface area (Å²) < 4.78 is 0. The van der Waals surface area contributed by atoms with Crippen molar-refractivity contribution in [3.05, 3.63) is 70.1 Å². The van der Waals surface area contributed by atoms with E-state index in [9.17, 15) is 0 Å². The molecule has 1 aromatic carbocycles. The maximum atomic E-state index is 7.16. The molecule has 0 unspecified atom stereocenters. The quantitative estimate of drug-likeness (QED) is 0.327. The summed E-state index contributed by atoms with van der Waals surface area (Å²) in [6, 6.07) is 7.26. The van der Waals surface area contributed by atoms with Crippen molar-refractivity contribution in [1.82, 2.24) is 20.6 Å². The Balaban J connectivity index is 1.84. The first-order valence-corrected chi connectivity index (χ1v) is 10.4. The van der Waals surface area contributed by atoms with Crippen LogP contribution in [0.2, 0.25) is 10.0 Å². The Kier molecular flexibility index (Phi) is 7.88. The van der Waals surface area contributed by atoms with Gasteiger partial charge in [0.25, 0.3) is 0 Å². The number of nitrogens with one attached hydrogen (secondary N) is 4. The largest absolute Gasteiger partial charge is 0.375 e. The van der Waals surface area contributed by atoms with Gasteiger partial charge in [0.2, 0.25) is 0 Å². The van der Waals surface area contributed by atoms with E-state index in [0.717, 1.165) is 35.5 Å². The molecular weight excluding hydrogens is 419 g/mol. The average Bonchev–Trinajstić information content (AvgIpc) is 2.76. The minimum atomic E-state index is 0.510. The number of hydrogen-bond acceptors (Lipinski definition) is 6. The van der Waals surface area contributed by atoms with Crippen molar-refractivity contribution in [2.75, 3.05) is 25.5 Å². The van der Waals surface area contributed by atoms with E-state index in [0.29, 0.717) is 34.8 Å². The molecular formula is C22H24Cl2N6. The molecule has 30 heavy (non-hydrogen) atoms. The lowest BCUT2D eigenvalue weighted by atomic mass is 10.0. The number of rotatable bonds is 9. The van der Waals surface area contributed by atoms with Gasteiger partial charge >= 0.3 is 0 Å². The molecule has 0 fully saturated rings. The van der Waals surface area contributed by atoms with E-state index in [1.54, 1.807) is 25.3 Å². The molecule has 8 heteroatoms. The van der Waals surface area contributed by atoms with Crippen molar-refractivity contribution in [1.29, 1.82) is 5.41 Å². The Morgan fingerprint density at radius 3 is 2.73 bits per heavy atom. The van der Waals surface area contributed by atoms with Crippen molar-refractivity contribution in [3.8, 4) is 11.4 Å². The van der Waals surface area contributed by atoms with Crippen molar-refractivity contribution >= 4 is 40.8 Å². The third-order valence-corrected chi connectivity index (χ3v) is 5.00. The number of allylic oxidation sites excluding steroid dienone is 5. The summed E-state index contributed by atoms with van der Waals surface area (Å²) >= 11 is 12.5. The molecule has 1 aromatic heterocycles. The number of halogens is 2. The maximum absolute atomic E-state index is 7.16. The molecule has 3 rings (SSSR count). The minimum absolute atomic E-state index is 0.510. The van der Waals surface area contributed by atoms with Gasteiger partial charge in [-0.25, -0.2) is 9.97 Å². The van der Waals surface area contributed by atoms with E-state index in [1.807, 2.05) is 12.1 Å². The van der Waals surface area contributed by atoms with Gasteiger partial charge in [-0.1, -0.05) is 41.4 Å². The monoisotopic (exact) mass is 442 g/mol. The molecule has 0 bridgehead atoms. The lowest BCUT2D eigenvalue weighted by Crippen LogP contribution is -2.28. The summed E-state index contributed by atoms with van der Waals surface area (Å²) in [6.07, 6.45) is 11.3. The van der Waals surface area contributed by atoms with E-state index >= 15 is 0 Å². The Hall–Kier alpha value is -2.83. The van der Waals surface area contributed by atoms with E-state index in [1.165, 1.54) is 6.21 Å². The van der Waals surface area contributed by atoms with E-state index in [-0.39, 0.29) is 0 Å². The summed E-state index contributed by atoms with van der Waals surface area (Å²) in [5.41, 5.74) is 2.65. The Labute approximate surface area is 186 Å². The number of aromatic nitrogens is 2. The maximum Gasteiger partial charge on any atom is 0.163 e. The third kappa shape index (κ3) is 5.84. The molecule has 1 heterocycles. The average molecular weight is 443 g/mol. The van der Waals surface area contributed by atoms with Gasteiger partial charge < -0.3 is 21.4 Å². The van der Waals surface area contributed by atoms with Gasteiger partial charge in [-0.05, 0) is 42.7 Å². The first kappa shape index (κ1) is 21.9. The minimum Gasteiger partial charge on any atom is -0.375 e.